The number of piperidine rings is 1. The number of hydrogen-bond donors (Lipinski definition) is 2. The summed E-state index contributed by atoms with van der Waals surface area (Å²) in [6, 6.07) is 7.32. The zero-order valence-corrected chi connectivity index (χ0v) is 19.7. The summed E-state index contributed by atoms with van der Waals surface area (Å²) < 4.78 is 19.1. The Morgan fingerprint density at radius 2 is 1.91 bits per heavy atom. The van der Waals surface area contributed by atoms with Crippen molar-refractivity contribution in [2.75, 3.05) is 5.32 Å². The summed E-state index contributed by atoms with van der Waals surface area (Å²) in [6.07, 6.45) is -0.265. The SMILES string of the molecule is CC.Cc1cc(NC(=O)OCc2ccc3c(c2)C(=O)N(C2CCC(=O)NC2=O)C3)cc(F)c1C. The van der Waals surface area contributed by atoms with E-state index < -0.39 is 23.9 Å². The fraction of sp³-hybridized carbons (Fsp3) is 0.360. The predicted molar refractivity (Wildman–Crippen MR) is 124 cm³/mol. The molecule has 2 aliphatic rings. The number of ether oxygens (including phenoxy) is 1. The molecule has 0 bridgehead atoms. The second kappa shape index (κ2) is 10.5. The third-order valence-corrected chi connectivity index (χ3v) is 5.81. The number of hydrogen-bond acceptors (Lipinski definition) is 5. The van der Waals surface area contributed by atoms with Crippen molar-refractivity contribution in [2.45, 2.75) is 59.7 Å². The minimum Gasteiger partial charge on any atom is -0.444 e. The molecule has 8 nitrogen and oxygen atoms in total. The Kier molecular flexibility index (Phi) is 7.65. The molecule has 1 fully saturated rings. The number of halogens is 1. The van der Waals surface area contributed by atoms with Crippen LogP contribution in [0.4, 0.5) is 14.9 Å². The van der Waals surface area contributed by atoms with Crippen molar-refractivity contribution in [3.8, 4) is 0 Å². The standard InChI is InChI=1S/C23H22FN3O5.C2H6/c1-12-7-16(9-18(24)13(12)2)25-23(31)32-11-14-3-4-15-10-27(22(30)17(15)8-14)19-5-6-20(28)26-21(19)29;1-2/h3-4,7-9,19H,5-6,10-11H2,1-2H3,(H,25,31)(H,26,28,29);1-2H3. The molecule has 1 unspecified atom stereocenters. The van der Waals surface area contributed by atoms with Gasteiger partial charge in [0, 0.05) is 24.2 Å². The van der Waals surface area contributed by atoms with Gasteiger partial charge in [0.25, 0.3) is 5.91 Å². The lowest BCUT2D eigenvalue weighted by Crippen LogP contribution is -2.52. The van der Waals surface area contributed by atoms with Gasteiger partial charge < -0.3 is 9.64 Å². The van der Waals surface area contributed by atoms with Crippen LogP contribution >= 0.6 is 0 Å². The molecule has 1 atom stereocenters. The maximum absolute atomic E-state index is 13.8. The molecular formula is C25H28FN3O5. The molecule has 4 amide bonds. The Labute approximate surface area is 197 Å². The fourth-order valence-corrected chi connectivity index (χ4v) is 3.88. The van der Waals surface area contributed by atoms with Crippen LogP contribution in [-0.4, -0.2) is 34.8 Å². The minimum absolute atomic E-state index is 0.0852. The molecule has 2 aromatic rings. The lowest BCUT2D eigenvalue weighted by atomic mass is 10.0. The summed E-state index contributed by atoms with van der Waals surface area (Å²) in [4.78, 5) is 49.9. The molecule has 2 heterocycles. The normalized spacial score (nSPS) is 16.9. The lowest BCUT2D eigenvalue weighted by molar-refractivity contribution is -0.136. The Balaban J connectivity index is 0.00000158. The molecule has 0 aromatic heterocycles. The molecule has 4 rings (SSSR count). The molecule has 1 saturated heterocycles. The molecule has 9 heteroatoms. The van der Waals surface area contributed by atoms with Crippen LogP contribution in [0.2, 0.25) is 0 Å². The topological polar surface area (TPSA) is 105 Å². The smallest absolute Gasteiger partial charge is 0.411 e. The number of anilines is 1. The van der Waals surface area contributed by atoms with Crippen LogP contribution < -0.4 is 10.6 Å². The molecule has 0 saturated carbocycles. The van der Waals surface area contributed by atoms with Crippen molar-refractivity contribution in [3.63, 3.8) is 0 Å². The number of amides is 4. The first kappa shape index (κ1) is 24.9. The second-order valence-electron chi connectivity index (χ2n) is 7.99. The maximum atomic E-state index is 13.8. The van der Waals surface area contributed by atoms with Crippen LogP contribution in [-0.2, 0) is 27.5 Å². The Morgan fingerprint density at radius 3 is 2.59 bits per heavy atom. The van der Waals surface area contributed by atoms with Gasteiger partial charge >= 0.3 is 6.09 Å². The fourth-order valence-electron chi connectivity index (χ4n) is 3.88. The summed E-state index contributed by atoms with van der Waals surface area (Å²) >= 11 is 0. The summed E-state index contributed by atoms with van der Waals surface area (Å²) in [5, 5.41) is 4.76. The summed E-state index contributed by atoms with van der Waals surface area (Å²) in [5.74, 6) is -1.52. The molecule has 2 N–H and O–H groups in total. The number of carbonyl (C=O) groups excluding carboxylic acids is 4. The van der Waals surface area contributed by atoms with E-state index in [0.717, 1.165) is 5.56 Å². The van der Waals surface area contributed by atoms with E-state index in [2.05, 4.69) is 10.6 Å². The van der Waals surface area contributed by atoms with E-state index in [1.54, 1.807) is 38.1 Å². The summed E-state index contributed by atoms with van der Waals surface area (Å²) in [6.45, 7) is 7.59. The van der Waals surface area contributed by atoms with Gasteiger partial charge in [0.05, 0.1) is 0 Å². The van der Waals surface area contributed by atoms with Crippen molar-refractivity contribution in [1.29, 1.82) is 0 Å². The van der Waals surface area contributed by atoms with Crippen LogP contribution in [0.3, 0.4) is 0 Å². The molecule has 0 aliphatic carbocycles. The van der Waals surface area contributed by atoms with Crippen LogP contribution in [0.1, 0.15) is 59.3 Å². The van der Waals surface area contributed by atoms with Crippen molar-refractivity contribution < 1.29 is 28.3 Å². The van der Waals surface area contributed by atoms with E-state index in [1.165, 1.54) is 11.0 Å². The maximum Gasteiger partial charge on any atom is 0.411 e. The highest BCUT2D eigenvalue weighted by molar-refractivity contribution is 6.05. The monoisotopic (exact) mass is 469 g/mol. The average Bonchev–Trinajstić information content (AvgIpc) is 3.13. The quantitative estimate of drug-likeness (QED) is 0.659. The van der Waals surface area contributed by atoms with Gasteiger partial charge in [-0.1, -0.05) is 26.0 Å². The highest BCUT2D eigenvalue weighted by Gasteiger charge is 2.39. The number of rotatable bonds is 4. The third kappa shape index (κ3) is 5.24. The van der Waals surface area contributed by atoms with Gasteiger partial charge in [-0.15, -0.1) is 0 Å². The van der Waals surface area contributed by atoms with Gasteiger partial charge in [-0.05, 0) is 60.7 Å². The Morgan fingerprint density at radius 1 is 1.18 bits per heavy atom. The highest BCUT2D eigenvalue weighted by Crippen LogP contribution is 2.28. The van der Waals surface area contributed by atoms with Gasteiger partial charge in [0.1, 0.15) is 18.5 Å². The molecule has 34 heavy (non-hydrogen) atoms. The second-order valence-corrected chi connectivity index (χ2v) is 7.99. The number of benzene rings is 2. The average molecular weight is 470 g/mol. The molecule has 2 aromatic carbocycles. The molecule has 2 aliphatic heterocycles. The summed E-state index contributed by atoms with van der Waals surface area (Å²) in [7, 11) is 0. The van der Waals surface area contributed by atoms with Crippen molar-refractivity contribution in [2.24, 2.45) is 0 Å². The van der Waals surface area contributed by atoms with Gasteiger partial charge in [-0.2, -0.15) is 0 Å². The van der Waals surface area contributed by atoms with Gasteiger partial charge in [-0.25, -0.2) is 9.18 Å². The van der Waals surface area contributed by atoms with Crippen molar-refractivity contribution >= 4 is 29.5 Å². The Hall–Kier alpha value is -3.75. The van der Waals surface area contributed by atoms with Gasteiger partial charge in [-0.3, -0.25) is 25.0 Å². The first-order valence-corrected chi connectivity index (χ1v) is 11.2. The molecular weight excluding hydrogens is 441 g/mol. The number of nitrogens with one attached hydrogen (secondary N) is 2. The largest absolute Gasteiger partial charge is 0.444 e. The van der Waals surface area contributed by atoms with E-state index in [1.807, 2.05) is 13.8 Å². The van der Waals surface area contributed by atoms with Crippen LogP contribution in [0.25, 0.3) is 0 Å². The van der Waals surface area contributed by atoms with Crippen LogP contribution in [0.15, 0.2) is 30.3 Å². The Bertz CT molecular complexity index is 1120. The predicted octanol–water partition coefficient (Wildman–Crippen LogP) is 3.98. The van der Waals surface area contributed by atoms with Crippen molar-refractivity contribution in [3.05, 3.63) is 64.0 Å². The van der Waals surface area contributed by atoms with E-state index >= 15 is 0 Å². The molecule has 0 spiro atoms. The van der Waals surface area contributed by atoms with E-state index in [-0.39, 0.29) is 31.4 Å². The molecule has 180 valence electrons. The van der Waals surface area contributed by atoms with Crippen LogP contribution in [0, 0.1) is 19.7 Å². The summed E-state index contributed by atoms with van der Waals surface area (Å²) in [5.41, 5.74) is 3.31. The van der Waals surface area contributed by atoms with Crippen molar-refractivity contribution in [1.82, 2.24) is 10.2 Å². The molecule has 0 radical (unpaired) electrons. The number of nitrogens with zero attached hydrogens (tertiary/aromatic N) is 1. The number of fused-ring (bicyclic) bond motifs is 1. The highest BCUT2D eigenvalue weighted by atomic mass is 19.1. The van der Waals surface area contributed by atoms with Gasteiger partial charge in [0.15, 0.2) is 0 Å². The van der Waals surface area contributed by atoms with Gasteiger partial charge in [0.2, 0.25) is 11.8 Å². The van der Waals surface area contributed by atoms with E-state index in [9.17, 15) is 23.6 Å². The zero-order valence-electron chi connectivity index (χ0n) is 19.7. The first-order valence-electron chi connectivity index (χ1n) is 11.2. The third-order valence-electron chi connectivity index (χ3n) is 5.81. The number of imide groups is 1. The number of carbonyl (C=O) groups is 4. The minimum atomic E-state index is -0.746. The zero-order chi connectivity index (χ0) is 25.0. The van der Waals surface area contributed by atoms with E-state index in [0.29, 0.717) is 34.4 Å². The first-order chi connectivity index (χ1) is 16.2. The van der Waals surface area contributed by atoms with Crippen LogP contribution in [0.5, 0.6) is 0 Å². The lowest BCUT2D eigenvalue weighted by Gasteiger charge is -2.29. The van der Waals surface area contributed by atoms with E-state index in [4.69, 9.17) is 4.74 Å². The number of aryl methyl sites for hydroxylation is 1.